The van der Waals surface area contributed by atoms with Crippen molar-refractivity contribution in [1.29, 1.82) is 0 Å². The van der Waals surface area contributed by atoms with Crippen LogP contribution in [0.4, 0.5) is 0 Å². The van der Waals surface area contributed by atoms with Crippen molar-refractivity contribution in [2.24, 2.45) is 17.8 Å². The zero-order chi connectivity index (χ0) is 13.2. The molecule has 1 aromatic rings. The van der Waals surface area contributed by atoms with Gasteiger partial charge in [-0.1, -0.05) is 42.5 Å². The average molecular weight is 257 g/mol. The Morgan fingerprint density at radius 3 is 2.58 bits per heavy atom. The van der Waals surface area contributed by atoms with Crippen LogP contribution < -0.4 is 0 Å². The van der Waals surface area contributed by atoms with Gasteiger partial charge in [-0.25, -0.2) is 0 Å². The minimum absolute atomic E-state index is 0.319. The van der Waals surface area contributed by atoms with Crippen molar-refractivity contribution in [2.45, 2.75) is 19.4 Å². The predicted molar refractivity (Wildman–Crippen MR) is 77.6 cm³/mol. The van der Waals surface area contributed by atoms with Crippen LogP contribution in [0.2, 0.25) is 0 Å². The van der Waals surface area contributed by atoms with E-state index in [9.17, 15) is 5.11 Å². The first kappa shape index (κ1) is 12.9. The van der Waals surface area contributed by atoms with Gasteiger partial charge >= 0.3 is 0 Å². The van der Waals surface area contributed by atoms with E-state index in [4.69, 9.17) is 0 Å². The van der Waals surface area contributed by atoms with E-state index in [1.54, 1.807) is 0 Å². The van der Waals surface area contributed by atoms with Crippen LogP contribution in [0.25, 0.3) is 0 Å². The van der Waals surface area contributed by atoms with Crippen LogP contribution in [0.1, 0.15) is 18.4 Å². The number of hydrogen-bond acceptors (Lipinski definition) is 2. The summed E-state index contributed by atoms with van der Waals surface area (Å²) >= 11 is 0. The summed E-state index contributed by atoms with van der Waals surface area (Å²) in [6.45, 7) is 7.63. The quantitative estimate of drug-likeness (QED) is 0.838. The maximum Gasteiger partial charge on any atom is 0.0474 e. The molecule has 1 aliphatic carbocycles. The van der Waals surface area contributed by atoms with Crippen LogP contribution in [-0.2, 0) is 6.54 Å². The van der Waals surface area contributed by atoms with E-state index in [1.165, 1.54) is 24.0 Å². The molecule has 2 aliphatic rings. The number of rotatable bonds is 4. The lowest BCUT2D eigenvalue weighted by molar-refractivity contribution is 0.163. The summed E-state index contributed by atoms with van der Waals surface area (Å²) < 4.78 is 0. The largest absolute Gasteiger partial charge is 0.396 e. The van der Waals surface area contributed by atoms with Crippen LogP contribution in [0.15, 0.2) is 42.5 Å². The van der Waals surface area contributed by atoms with Gasteiger partial charge in [-0.15, -0.1) is 0 Å². The molecule has 102 valence electrons. The maximum absolute atomic E-state index is 9.62. The molecule has 2 unspecified atom stereocenters. The van der Waals surface area contributed by atoms with Crippen molar-refractivity contribution >= 4 is 0 Å². The van der Waals surface area contributed by atoms with Gasteiger partial charge in [0.25, 0.3) is 0 Å². The van der Waals surface area contributed by atoms with Crippen LogP contribution >= 0.6 is 0 Å². The molecule has 3 atom stereocenters. The number of aliphatic hydroxyl groups is 1. The van der Waals surface area contributed by atoms with E-state index in [-0.39, 0.29) is 0 Å². The molecule has 1 saturated carbocycles. The second-order valence-electron chi connectivity index (χ2n) is 6.09. The molecule has 1 N–H and O–H groups in total. The SMILES string of the molecule is C=C1CC[C@@H]1C1CN(Cc2ccccc2)CC1CO. The third kappa shape index (κ3) is 2.60. The first-order valence-electron chi connectivity index (χ1n) is 7.32. The Bertz CT molecular complexity index is 442. The first-order valence-corrected chi connectivity index (χ1v) is 7.32. The lowest BCUT2D eigenvalue weighted by atomic mass is 9.69. The van der Waals surface area contributed by atoms with Crippen LogP contribution in [0.5, 0.6) is 0 Å². The van der Waals surface area contributed by atoms with Gasteiger partial charge in [-0.2, -0.15) is 0 Å². The Morgan fingerprint density at radius 2 is 2.00 bits per heavy atom. The normalized spacial score (nSPS) is 31.4. The summed E-state index contributed by atoms with van der Waals surface area (Å²) in [6, 6.07) is 10.6. The summed E-state index contributed by atoms with van der Waals surface area (Å²) in [7, 11) is 0. The molecule has 0 bridgehead atoms. The molecular weight excluding hydrogens is 234 g/mol. The van der Waals surface area contributed by atoms with Crippen molar-refractivity contribution in [2.75, 3.05) is 19.7 Å². The molecule has 1 aliphatic heterocycles. The smallest absolute Gasteiger partial charge is 0.0474 e. The molecule has 19 heavy (non-hydrogen) atoms. The number of benzene rings is 1. The Morgan fingerprint density at radius 1 is 1.21 bits per heavy atom. The monoisotopic (exact) mass is 257 g/mol. The molecule has 1 aromatic carbocycles. The topological polar surface area (TPSA) is 23.5 Å². The minimum Gasteiger partial charge on any atom is -0.396 e. The van der Waals surface area contributed by atoms with E-state index in [0.29, 0.717) is 24.4 Å². The van der Waals surface area contributed by atoms with Gasteiger partial charge in [0.15, 0.2) is 0 Å². The third-order valence-electron chi connectivity index (χ3n) is 4.87. The van der Waals surface area contributed by atoms with E-state index in [1.807, 2.05) is 0 Å². The van der Waals surface area contributed by atoms with Gasteiger partial charge in [-0.05, 0) is 36.2 Å². The van der Waals surface area contributed by atoms with Crippen LogP contribution in [0.3, 0.4) is 0 Å². The van der Waals surface area contributed by atoms with Crippen molar-refractivity contribution in [3.8, 4) is 0 Å². The molecule has 0 amide bonds. The second kappa shape index (κ2) is 5.48. The third-order valence-corrected chi connectivity index (χ3v) is 4.87. The van der Waals surface area contributed by atoms with Gasteiger partial charge in [0, 0.05) is 26.2 Å². The lowest BCUT2D eigenvalue weighted by Crippen LogP contribution is -2.31. The summed E-state index contributed by atoms with van der Waals surface area (Å²) in [4.78, 5) is 2.49. The second-order valence-corrected chi connectivity index (χ2v) is 6.09. The molecule has 0 spiro atoms. The Kier molecular flexibility index (Phi) is 3.72. The number of hydrogen-bond donors (Lipinski definition) is 1. The predicted octanol–water partition coefficient (Wildman–Crippen LogP) is 2.69. The summed E-state index contributed by atoms with van der Waals surface area (Å²) in [6.07, 6.45) is 2.47. The van der Waals surface area contributed by atoms with Crippen molar-refractivity contribution in [3.63, 3.8) is 0 Å². The Balaban J connectivity index is 1.64. The zero-order valence-electron chi connectivity index (χ0n) is 11.5. The standard InChI is InChI=1S/C17H23NO/c1-13-7-8-16(13)17-11-18(10-15(17)12-19)9-14-5-3-2-4-6-14/h2-6,15-17,19H,1,7-12H2/t15?,16-,17?/m0/s1. The molecule has 0 radical (unpaired) electrons. The highest BCUT2D eigenvalue weighted by atomic mass is 16.3. The fraction of sp³-hybridized carbons (Fsp3) is 0.529. The summed E-state index contributed by atoms with van der Waals surface area (Å²) in [5.74, 6) is 1.72. The van der Waals surface area contributed by atoms with E-state index < -0.39 is 0 Å². The number of aliphatic hydroxyl groups excluding tert-OH is 1. The Labute approximate surface area is 115 Å². The molecule has 0 aromatic heterocycles. The fourth-order valence-corrected chi connectivity index (χ4v) is 3.64. The highest BCUT2D eigenvalue weighted by Gasteiger charge is 2.41. The Hall–Kier alpha value is -1.12. The highest BCUT2D eigenvalue weighted by Crippen LogP contribution is 2.44. The molecule has 2 nitrogen and oxygen atoms in total. The maximum atomic E-state index is 9.62. The van der Waals surface area contributed by atoms with Crippen LogP contribution in [0, 0.1) is 17.8 Å². The van der Waals surface area contributed by atoms with E-state index in [0.717, 1.165) is 19.6 Å². The molecule has 2 heteroatoms. The average Bonchev–Trinajstić information content (AvgIpc) is 2.80. The van der Waals surface area contributed by atoms with E-state index in [2.05, 4.69) is 41.8 Å². The first-order chi connectivity index (χ1) is 9.28. The number of nitrogens with zero attached hydrogens (tertiary/aromatic N) is 1. The zero-order valence-corrected chi connectivity index (χ0v) is 11.5. The number of allylic oxidation sites excluding steroid dienone is 1. The van der Waals surface area contributed by atoms with Crippen LogP contribution in [-0.4, -0.2) is 29.7 Å². The summed E-state index contributed by atoms with van der Waals surface area (Å²) in [5.41, 5.74) is 2.78. The van der Waals surface area contributed by atoms with Gasteiger partial charge in [-0.3, -0.25) is 4.90 Å². The van der Waals surface area contributed by atoms with Crippen molar-refractivity contribution < 1.29 is 5.11 Å². The molecular formula is C17H23NO. The molecule has 1 heterocycles. The van der Waals surface area contributed by atoms with Gasteiger partial charge in [0.2, 0.25) is 0 Å². The lowest BCUT2D eigenvalue weighted by Gasteiger charge is -2.36. The highest BCUT2D eigenvalue weighted by molar-refractivity contribution is 5.16. The van der Waals surface area contributed by atoms with Gasteiger partial charge in [0.1, 0.15) is 0 Å². The molecule has 1 saturated heterocycles. The van der Waals surface area contributed by atoms with Crippen molar-refractivity contribution in [3.05, 3.63) is 48.0 Å². The van der Waals surface area contributed by atoms with Crippen molar-refractivity contribution in [1.82, 2.24) is 4.90 Å². The van der Waals surface area contributed by atoms with E-state index >= 15 is 0 Å². The fourth-order valence-electron chi connectivity index (χ4n) is 3.64. The van der Waals surface area contributed by atoms with Gasteiger partial charge in [0.05, 0.1) is 0 Å². The minimum atomic E-state index is 0.319. The summed E-state index contributed by atoms with van der Waals surface area (Å²) in [5, 5.41) is 9.62. The number of likely N-dealkylation sites (tertiary alicyclic amines) is 1. The van der Waals surface area contributed by atoms with Gasteiger partial charge < -0.3 is 5.11 Å². The molecule has 3 rings (SSSR count). The molecule has 2 fully saturated rings.